The number of unbranched alkanes of at least 4 members (excludes halogenated alkanes) is 4. The number of anilines is 1. The third kappa shape index (κ3) is 4.58. The van der Waals surface area contributed by atoms with Crippen molar-refractivity contribution < 1.29 is 9.53 Å². The minimum Gasteiger partial charge on any atom is -0.493 e. The number of amides is 1. The molecule has 0 saturated carbocycles. The fraction of sp³-hybridized carbons (Fsp3) is 0.480. The molecule has 1 N–H and O–H groups in total. The number of nitrogens with one attached hydrogen (secondary N) is 1. The fourth-order valence-corrected chi connectivity index (χ4v) is 4.02. The molecule has 2 aromatic rings. The molecule has 0 saturated heterocycles. The number of carbonyl (C=O) groups is 1. The summed E-state index contributed by atoms with van der Waals surface area (Å²) >= 11 is 0. The average molecular weight is 395 g/mol. The molecule has 1 amide bonds. The lowest BCUT2D eigenvalue weighted by molar-refractivity contribution is 0.0525. The van der Waals surface area contributed by atoms with Gasteiger partial charge in [-0.25, -0.2) is 0 Å². The van der Waals surface area contributed by atoms with Gasteiger partial charge in [-0.3, -0.25) is 4.79 Å². The number of fused-ring (bicyclic) bond motifs is 1. The summed E-state index contributed by atoms with van der Waals surface area (Å²) in [6.45, 7) is 7.87. The zero-order chi connectivity index (χ0) is 20.7. The lowest BCUT2D eigenvalue weighted by Crippen LogP contribution is -2.56. The summed E-state index contributed by atoms with van der Waals surface area (Å²) in [4.78, 5) is 15.4. The Kier molecular flexibility index (Phi) is 7.18. The van der Waals surface area contributed by atoms with Crippen molar-refractivity contribution in [3.05, 3.63) is 59.7 Å². The Hall–Kier alpha value is -2.49. The van der Waals surface area contributed by atoms with Crippen LogP contribution in [0.15, 0.2) is 48.5 Å². The molecule has 0 bridgehead atoms. The fourth-order valence-electron chi connectivity index (χ4n) is 4.02. The predicted molar refractivity (Wildman–Crippen MR) is 119 cm³/mol. The summed E-state index contributed by atoms with van der Waals surface area (Å²) in [6, 6.07) is 15.9. The smallest absolute Gasteiger partial charge is 0.258 e. The van der Waals surface area contributed by atoms with Crippen LogP contribution in [0.1, 0.15) is 75.2 Å². The van der Waals surface area contributed by atoms with Crippen molar-refractivity contribution in [1.29, 1.82) is 0 Å². The van der Waals surface area contributed by atoms with Gasteiger partial charge >= 0.3 is 0 Å². The van der Waals surface area contributed by atoms with Gasteiger partial charge in [-0.2, -0.15) is 0 Å². The van der Waals surface area contributed by atoms with Crippen LogP contribution >= 0.6 is 0 Å². The highest BCUT2D eigenvalue weighted by Gasteiger charge is 2.43. The van der Waals surface area contributed by atoms with Crippen molar-refractivity contribution in [3.63, 3.8) is 0 Å². The zero-order valence-corrected chi connectivity index (χ0v) is 18.0. The van der Waals surface area contributed by atoms with Crippen LogP contribution in [0.5, 0.6) is 5.75 Å². The quantitative estimate of drug-likeness (QED) is 0.489. The number of hydrogen-bond donors (Lipinski definition) is 1. The van der Waals surface area contributed by atoms with E-state index in [-0.39, 0.29) is 5.91 Å². The minimum absolute atomic E-state index is 0.0769. The number of rotatable bonds is 10. The number of carbonyl (C=O) groups excluding carboxylic acids is 1. The van der Waals surface area contributed by atoms with Gasteiger partial charge in [0.05, 0.1) is 12.2 Å². The molecule has 4 nitrogen and oxygen atoms in total. The van der Waals surface area contributed by atoms with E-state index in [1.54, 1.807) is 0 Å². The van der Waals surface area contributed by atoms with Crippen molar-refractivity contribution in [2.24, 2.45) is 0 Å². The number of nitrogens with zero attached hydrogens (tertiary/aromatic N) is 1. The molecule has 0 aromatic heterocycles. The molecular formula is C25H34N2O2. The van der Waals surface area contributed by atoms with E-state index in [4.69, 9.17) is 4.74 Å². The molecule has 0 aliphatic carbocycles. The Morgan fingerprint density at radius 3 is 2.45 bits per heavy atom. The molecule has 2 aromatic carbocycles. The Labute approximate surface area is 175 Å². The molecule has 29 heavy (non-hydrogen) atoms. The van der Waals surface area contributed by atoms with Crippen molar-refractivity contribution in [1.82, 2.24) is 4.90 Å². The topological polar surface area (TPSA) is 41.6 Å². The van der Waals surface area contributed by atoms with Crippen molar-refractivity contribution in [2.75, 3.05) is 18.5 Å². The monoisotopic (exact) mass is 394 g/mol. The van der Waals surface area contributed by atoms with Gasteiger partial charge in [-0.05, 0) is 38.0 Å². The molecule has 1 heterocycles. The molecule has 3 rings (SSSR count). The number of hydrogen-bond acceptors (Lipinski definition) is 3. The summed E-state index contributed by atoms with van der Waals surface area (Å²) in [5, 5.41) is 3.66. The van der Waals surface area contributed by atoms with Crippen LogP contribution in [0.4, 0.5) is 5.69 Å². The van der Waals surface area contributed by atoms with Crippen molar-refractivity contribution in [3.8, 4) is 5.75 Å². The van der Waals surface area contributed by atoms with E-state index >= 15 is 0 Å². The lowest BCUT2D eigenvalue weighted by atomic mass is 9.92. The van der Waals surface area contributed by atoms with E-state index < -0.39 is 5.66 Å². The highest BCUT2D eigenvalue weighted by molar-refractivity contribution is 6.02. The van der Waals surface area contributed by atoms with E-state index in [9.17, 15) is 4.79 Å². The predicted octanol–water partition coefficient (Wildman–Crippen LogP) is 6.19. The lowest BCUT2D eigenvalue weighted by Gasteiger charge is -2.47. The number of para-hydroxylation sites is 2. The molecule has 1 atom stereocenters. The number of benzene rings is 2. The van der Waals surface area contributed by atoms with Gasteiger partial charge in [0.1, 0.15) is 11.4 Å². The van der Waals surface area contributed by atoms with E-state index in [0.717, 1.165) is 41.8 Å². The normalized spacial score (nSPS) is 18.3. The summed E-state index contributed by atoms with van der Waals surface area (Å²) in [5.41, 5.74) is 1.97. The standard InChI is InChI=1S/C25H34N2O2/c1-4-6-8-13-19-29-23-17-12-10-15-21(23)25(3)26-22-16-11-9-14-20(22)24(28)27(25)18-7-5-2/h9-12,14-17,26H,4-8,13,18-19H2,1-3H3. The molecule has 1 aliphatic rings. The van der Waals surface area contributed by atoms with Crippen LogP contribution in [0.3, 0.4) is 0 Å². The zero-order valence-electron chi connectivity index (χ0n) is 18.0. The Morgan fingerprint density at radius 1 is 0.931 bits per heavy atom. The first kappa shape index (κ1) is 21.2. The first-order valence-corrected chi connectivity index (χ1v) is 11.0. The van der Waals surface area contributed by atoms with Gasteiger partial charge < -0.3 is 15.0 Å². The van der Waals surface area contributed by atoms with Gasteiger partial charge in [0.25, 0.3) is 5.91 Å². The molecule has 0 radical (unpaired) electrons. The first-order valence-electron chi connectivity index (χ1n) is 11.0. The second kappa shape index (κ2) is 9.82. The van der Waals surface area contributed by atoms with E-state index in [0.29, 0.717) is 13.2 Å². The second-order valence-electron chi connectivity index (χ2n) is 7.96. The van der Waals surface area contributed by atoms with Crippen LogP contribution in [0, 0.1) is 0 Å². The summed E-state index contributed by atoms with van der Waals surface area (Å²) in [6.07, 6.45) is 6.69. The van der Waals surface area contributed by atoms with E-state index in [2.05, 4.69) is 32.2 Å². The molecule has 4 heteroatoms. The van der Waals surface area contributed by atoms with Crippen LogP contribution in [-0.2, 0) is 5.66 Å². The Bertz CT molecular complexity index is 820. The number of ether oxygens (including phenoxy) is 1. The maximum absolute atomic E-state index is 13.4. The van der Waals surface area contributed by atoms with Gasteiger partial charge in [-0.1, -0.05) is 69.9 Å². The van der Waals surface area contributed by atoms with Crippen molar-refractivity contribution >= 4 is 11.6 Å². The van der Waals surface area contributed by atoms with E-state index in [1.807, 2.05) is 47.4 Å². The first-order chi connectivity index (χ1) is 14.1. The summed E-state index contributed by atoms with van der Waals surface area (Å²) in [7, 11) is 0. The van der Waals surface area contributed by atoms with Gasteiger partial charge in [0, 0.05) is 17.8 Å². The molecule has 0 spiro atoms. The van der Waals surface area contributed by atoms with Crippen LogP contribution < -0.4 is 10.1 Å². The maximum atomic E-state index is 13.4. The van der Waals surface area contributed by atoms with Gasteiger partial charge in [0.15, 0.2) is 0 Å². The van der Waals surface area contributed by atoms with Gasteiger partial charge in [-0.15, -0.1) is 0 Å². The Balaban J connectivity index is 1.93. The molecular weight excluding hydrogens is 360 g/mol. The van der Waals surface area contributed by atoms with Gasteiger partial charge in [0.2, 0.25) is 0 Å². The van der Waals surface area contributed by atoms with E-state index in [1.165, 1.54) is 19.3 Å². The second-order valence-corrected chi connectivity index (χ2v) is 7.96. The highest BCUT2D eigenvalue weighted by Crippen LogP contribution is 2.41. The molecule has 1 aliphatic heterocycles. The SMILES string of the molecule is CCCCCCOc1ccccc1C1(C)Nc2ccccc2C(=O)N1CCCC. The molecule has 156 valence electrons. The third-order valence-corrected chi connectivity index (χ3v) is 5.72. The van der Waals surface area contributed by atoms with Crippen LogP contribution in [0.25, 0.3) is 0 Å². The molecule has 0 fully saturated rings. The van der Waals surface area contributed by atoms with Crippen LogP contribution in [0.2, 0.25) is 0 Å². The maximum Gasteiger partial charge on any atom is 0.258 e. The summed E-state index contributed by atoms with van der Waals surface area (Å²) < 4.78 is 6.20. The highest BCUT2D eigenvalue weighted by atomic mass is 16.5. The largest absolute Gasteiger partial charge is 0.493 e. The van der Waals surface area contributed by atoms with Crippen molar-refractivity contribution in [2.45, 2.75) is 65.0 Å². The summed E-state index contributed by atoms with van der Waals surface area (Å²) in [5.74, 6) is 0.931. The average Bonchev–Trinajstić information content (AvgIpc) is 2.74. The molecule has 1 unspecified atom stereocenters. The third-order valence-electron chi connectivity index (χ3n) is 5.72. The van der Waals surface area contributed by atoms with Crippen LogP contribution in [-0.4, -0.2) is 24.0 Å². The Morgan fingerprint density at radius 2 is 1.66 bits per heavy atom. The minimum atomic E-state index is -0.652.